The van der Waals surface area contributed by atoms with Gasteiger partial charge in [0.2, 0.25) is 0 Å². The van der Waals surface area contributed by atoms with Crippen LogP contribution >= 0.6 is 0 Å². The number of urea groups is 1. The van der Waals surface area contributed by atoms with E-state index in [4.69, 9.17) is 0 Å². The first-order valence-corrected chi connectivity index (χ1v) is 7.25. The van der Waals surface area contributed by atoms with Crippen LogP contribution in [-0.2, 0) is 13.1 Å². The van der Waals surface area contributed by atoms with Crippen LogP contribution in [0, 0.1) is 0 Å². The van der Waals surface area contributed by atoms with Gasteiger partial charge in [0.1, 0.15) is 11.6 Å². The number of rotatable bonds is 1. The summed E-state index contributed by atoms with van der Waals surface area (Å²) in [5, 5.41) is 12.0. The summed E-state index contributed by atoms with van der Waals surface area (Å²) in [6.45, 7) is 4.28. The number of aromatic nitrogens is 3. The van der Waals surface area contributed by atoms with Gasteiger partial charge in [-0.3, -0.25) is 0 Å². The van der Waals surface area contributed by atoms with Crippen molar-refractivity contribution in [2.45, 2.75) is 31.8 Å². The second kappa shape index (κ2) is 5.40. The van der Waals surface area contributed by atoms with Gasteiger partial charge in [-0.1, -0.05) is 0 Å². The number of piperidine rings is 1. The fourth-order valence-electron chi connectivity index (χ4n) is 3.06. The smallest absolute Gasteiger partial charge is 0.319 e. The highest BCUT2D eigenvalue weighted by atomic mass is 16.2. The number of carbonyl (C=O) groups excluding carboxylic acids is 1. The lowest BCUT2D eigenvalue weighted by atomic mass is 9.97. The number of hydrogen-bond donors (Lipinski definition) is 1. The van der Waals surface area contributed by atoms with Crippen LogP contribution in [0.1, 0.15) is 30.4 Å². The monoisotopic (exact) mass is 278 g/mol. The number of fused-ring (bicyclic) bond motifs is 1. The van der Waals surface area contributed by atoms with E-state index in [1.807, 2.05) is 4.90 Å². The number of carbonyl (C=O) groups is 1. The van der Waals surface area contributed by atoms with E-state index in [-0.39, 0.29) is 6.03 Å². The number of amides is 2. The molecule has 1 unspecified atom stereocenters. The molecule has 20 heavy (non-hydrogen) atoms. The summed E-state index contributed by atoms with van der Waals surface area (Å²) in [5.41, 5.74) is 0. The topological polar surface area (TPSA) is 66.3 Å². The predicted molar refractivity (Wildman–Crippen MR) is 74.4 cm³/mol. The fourth-order valence-corrected chi connectivity index (χ4v) is 3.06. The van der Waals surface area contributed by atoms with Crippen molar-refractivity contribution in [1.82, 2.24) is 29.9 Å². The highest BCUT2D eigenvalue weighted by molar-refractivity contribution is 5.74. The zero-order valence-electron chi connectivity index (χ0n) is 12.2. The van der Waals surface area contributed by atoms with Crippen LogP contribution < -0.4 is 5.32 Å². The van der Waals surface area contributed by atoms with Crippen molar-refractivity contribution in [2.24, 2.45) is 0 Å². The summed E-state index contributed by atoms with van der Waals surface area (Å²) in [6.07, 6.45) is 2.12. The molecular formula is C13H22N6O. The van der Waals surface area contributed by atoms with E-state index >= 15 is 0 Å². The molecular weight excluding hydrogens is 256 g/mol. The first-order valence-electron chi connectivity index (χ1n) is 7.25. The third-order valence-electron chi connectivity index (χ3n) is 4.09. The highest BCUT2D eigenvalue weighted by Crippen LogP contribution is 2.27. The van der Waals surface area contributed by atoms with Gasteiger partial charge in [0, 0.05) is 46.2 Å². The van der Waals surface area contributed by atoms with Gasteiger partial charge in [0.25, 0.3) is 0 Å². The normalized spacial score (nSPS) is 22.5. The maximum Gasteiger partial charge on any atom is 0.319 e. The van der Waals surface area contributed by atoms with Crippen LogP contribution in [-0.4, -0.2) is 64.3 Å². The van der Waals surface area contributed by atoms with Gasteiger partial charge in [-0.15, -0.1) is 10.2 Å². The molecule has 1 fully saturated rings. The summed E-state index contributed by atoms with van der Waals surface area (Å²) < 4.78 is 2.23. The molecule has 0 aliphatic carbocycles. The minimum absolute atomic E-state index is 0.0924. The van der Waals surface area contributed by atoms with Crippen LogP contribution in [0.15, 0.2) is 0 Å². The minimum Gasteiger partial charge on any atom is -0.331 e. The first-order chi connectivity index (χ1) is 9.66. The van der Waals surface area contributed by atoms with Crippen molar-refractivity contribution in [3.8, 4) is 0 Å². The number of nitrogens with one attached hydrogen (secondary N) is 1. The minimum atomic E-state index is 0.0924. The maximum atomic E-state index is 12.1. The molecule has 1 N–H and O–H groups in total. The summed E-state index contributed by atoms with van der Waals surface area (Å²) in [5.74, 6) is 2.38. The Morgan fingerprint density at radius 1 is 1.35 bits per heavy atom. The molecule has 110 valence electrons. The Kier molecular flexibility index (Phi) is 3.60. The van der Waals surface area contributed by atoms with Gasteiger partial charge in [0.15, 0.2) is 0 Å². The van der Waals surface area contributed by atoms with Crippen LogP contribution in [0.4, 0.5) is 4.79 Å². The lowest BCUT2D eigenvalue weighted by molar-refractivity contribution is 0.153. The summed E-state index contributed by atoms with van der Waals surface area (Å²) in [4.78, 5) is 15.7. The molecule has 2 aliphatic rings. The molecule has 0 saturated carbocycles. The predicted octanol–water partition coefficient (Wildman–Crippen LogP) is 0.242. The van der Waals surface area contributed by atoms with E-state index in [1.54, 1.807) is 19.0 Å². The molecule has 1 atom stereocenters. The van der Waals surface area contributed by atoms with E-state index in [2.05, 4.69) is 20.1 Å². The first kappa shape index (κ1) is 13.4. The number of hydrogen-bond acceptors (Lipinski definition) is 4. The van der Waals surface area contributed by atoms with Crippen molar-refractivity contribution < 1.29 is 4.79 Å². The highest BCUT2D eigenvalue weighted by Gasteiger charge is 2.30. The molecule has 1 aromatic heterocycles. The molecule has 3 rings (SSSR count). The molecule has 0 aromatic carbocycles. The van der Waals surface area contributed by atoms with Crippen LogP contribution in [0.2, 0.25) is 0 Å². The number of nitrogens with zero attached hydrogens (tertiary/aromatic N) is 5. The van der Waals surface area contributed by atoms with E-state index in [0.717, 1.165) is 57.2 Å². The van der Waals surface area contributed by atoms with Gasteiger partial charge in [-0.25, -0.2) is 4.79 Å². The Morgan fingerprint density at radius 3 is 3.00 bits per heavy atom. The maximum absolute atomic E-state index is 12.1. The van der Waals surface area contributed by atoms with Crippen molar-refractivity contribution in [2.75, 3.05) is 33.7 Å². The van der Waals surface area contributed by atoms with Crippen LogP contribution in [0.25, 0.3) is 0 Å². The molecule has 2 aliphatic heterocycles. The molecule has 0 radical (unpaired) electrons. The summed E-state index contributed by atoms with van der Waals surface area (Å²) in [6, 6.07) is 0.0924. The van der Waals surface area contributed by atoms with Crippen LogP contribution in [0.5, 0.6) is 0 Å². The largest absolute Gasteiger partial charge is 0.331 e. The molecule has 7 heteroatoms. The Hall–Kier alpha value is -1.63. The zero-order chi connectivity index (χ0) is 14.1. The van der Waals surface area contributed by atoms with Crippen molar-refractivity contribution >= 4 is 6.03 Å². The van der Waals surface area contributed by atoms with E-state index in [1.165, 1.54) is 0 Å². The van der Waals surface area contributed by atoms with Crippen molar-refractivity contribution in [3.05, 3.63) is 11.6 Å². The Bertz CT molecular complexity index is 497. The van der Waals surface area contributed by atoms with Gasteiger partial charge < -0.3 is 19.7 Å². The van der Waals surface area contributed by atoms with Gasteiger partial charge in [-0.05, 0) is 12.8 Å². The molecule has 3 heterocycles. The fraction of sp³-hybridized carbons (Fsp3) is 0.769. The van der Waals surface area contributed by atoms with E-state index in [0.29, 0.717) is 5.92 Å². The Morgan fingerprint density at radius 2 is 2.20 bits per heavy atom. The third-order valence-corrected chi connectivity index (χ3v) is 4.09. The second-order valence-electron chi connectivity index (χ2n) is 5.77. The lowest BCUT2D eigenvalue weighted by Crippen LogP contribution is -2.45. The molecule has 1 aromatic rings. The van der Waals surface area contributed by atoms with Gasteiger partial charge >= 0.3 is 6.03 Å². The van der Waals surface area contributed by atoms with E-state index < -0.39 is 0 Å². The molecule has 2 amide bonds. The summed E-state index contributed by atoms with van der Waals surface area (Å²) >= 11 is 0. The summed E-state index contributed by atoms with van der Waals surface area (Å²) in [7, 11) is 3.60. The average molecular weight is 278 g/mol. The SMILES string of the molecule is CN(C)C(=O)N1CCCC(c2nnc3n2CCNC3)C1. The van der Waals surface area contributed by atoms with E-state index in [9.17, 15) is 4.79 Å². The molecule has 0 spiro atoms. The van der Waals surface area contributed by atoms with Gasteiger partial charge in [0.05, 0.1) is 6.54 Å². The standard InChI is InChI=1S/C13H22N6O/c1-17(2)13(20)18-6-3-4-10(9-18)12-16-15-11-8-14-5-7-19(11)12/h10,14H,3-9H2,1-2H3. The molecule has 0 bridgehead atoms. The Balaban J connectivity index is 1.77. The van der Waals surface area contributed by atoms with Crippen LogP contribution in [0.3, 0.4) is 0 Å². The van der Waals surface area contributed by atoms with Crippen molar-refractivity contribution in [1.29, 1.82) is 0 Å². The second-order valence-corrected chi connectivity index (χ2v) is 5.77. The van der Waals surface area contributed by atoms with Gasteiger partial charge in [-0.2, -0.15) is 0 Å². The molecule has 1 saturated heterocycles. The third kappa shape index (κ3) is 2.37. The number of likely N-dealkylation sites (tertiary alicyclic amines) is 1. The quantitative estimate of drug-likeness (QED) is 0.799. The lowest BCUT2D eigenvalue weighted by Gasteiger charge is -2.34. The van der Waals surface area contributed by atoms with Crippen molar-refractivity contribution in [3.63, 3.8) is 0 Å². The molecule has 7 nitrogen and oxygen atoms in total. The zero-order valence-corrected chi connectivity index (χ0v) is 12.2. The Labute approximate surface area is 118 Å². The average Bonchev–Trinajstić information content (AvgIpc) is 2.90.